The summed E-state index contributed by atoms with van der Waals surface area (Å²) in [6.07, 6.45) is 0.654. The fourth-order valence-electron chi connectivity index (χ4n) is 4.84. The summed E-state index contributed by atoms with van der Waals surface area (Å²) in [4.78, 5) is 28.2. The van der Waals surface area contributed by atoms with Crippen molar-refractivity contribution in [3.05, 3.63) is 104 Å². The molecule has 208 valence electrons. The van der Waals surface area contributed by atoms with Crippen molar-refractivity contribution in [3.63, 3.8) is 0 Å². The Bertz CT molecular complexity index is 1730. The Morgan fingerprint density at radius 2 is 1.88 bits per heavy atom. The van der Waals surface area contributed by atoms with Gasteiger partial charge in [0.1, 0.15) is 23.4 Å². The van der Waals surface area contributed by atoms with Gasteiger partial charge in [-0.25, -0.2) is 4.39 Å². The Morgan fingerprint density at radius 3 is 2.63 bits per heavy atom. The lowest BCUT2D eigenvalue weighted by atomic mass is 9.94. The number of ketones is 1. The van der Waals surface area contributed by atoms with Gasteiger partial charge in [0.25, 0.3) is 5.78 Å². The second-order valence-electron chi connectivity index (χ2n) is 9.56. The van der Waals surface area contributed by atoms with E-state index in [0.29, 0.717) is 32.7 Å². The summed E-state index contributed by atoms with van der Waals surface area (Å²) >= 11 is 15.0. The first-order chi connectivity index (χ1) is 19.7. The van der Waals surface area contributed by atoms with E-state index in [-0.39, 0.29) is 33.4 Å². The average molecular weight is 629 g/mol. The highest BCUT2D eigenvalue weighted by molar-refractivity contribution is 8.00. The van der Waals surface area contributed by atoms with Gasteiger partial charge in [-0.15, -0.1) is 10.2 Å². The molecule has 7 nitrogen and oxygen atoms in total. The highest BCUT2D eigenvalue weighted by atomic mass is 35.5. The van der Waals surface area contributed by atoms with Gasteiger partial charge in [-0.2, -0.15) is 0 Å². The quantitative estimate of drug-likeness (QED) is 0.0792. The predicted octanol–water partition coefficient (Wildman–Crippen LogP) is 7.23. The number of amides is 1. The molecule has 2 atom stereocenters. The van der Waals surface area contributed by atoms with Crippen LogP contribution >= 0.6 is 46.3 Å². The van der Waals surface area contributed by atoms with Crippen molar-refractivity contribution in [1.29, 1.82) is 0 Å². The fourth-order valence-corrected chi connectivity index (χ4v) is 6.97. The molecule has 3 aromatic carbocycles. The molecular formula is C29H20Cl2FN3O4S2. The minimum atomic E-state index is -1.03. The number of aromatic nitrogens is 2. The number of hydrogen-bond acceptors (Lipinski definition) is 8. The van der Waals surface area contributed by atoms with Crippen LogP contribution in [0.2, 0.25) is 10.0 Å². The average Bonchev–Trinajstić information content (AvgIpc) is 3.64. The molecule has 12 heteroatoms. The summed E-state index contributed by atoms with van der Waals surface area (Å²) in [5.41, 5.74) is 2.54. The third-order valence-electron chi connectivity index (χ3n) is 6.75. The lowest BCUT2D eigenvalue weighted by Gasteiger charge is -2.23. The zero-order valence-corrected chi connectivity index (χ0v) is 24.5. The molecule has 0 saturated carbocycles. The highest BCUT2D eigenvalue weighted by Crippen LogP contribution is 2.45. The van der Waals surface area contributed by atoms with Crippen LogP contribution in [0.25, 0.3) is 5.76 Å². The first-order valence-electron chi connectivity index (χ1n) is 12.5. The number of carbonyl (C=O) groups excluding carboxylic acids is 2. The number of nitrogens with zero attached hydrogens (tertiary/aromatic N) is 3. The summed E-state index contributed by atoms with van der Waals surface area (Å²) in [6.45, 7) is 1.95. The summed E-state index contributed by atoms with van der Waals surface area (Å²) in [5, 5.41) is 20.6. The number of anilines is 1. The van der Waals surface area contributed by atoms with E-state index in [4.69, 9.17) is 27.9 Å². The van der Waals surface area contributed by atoms with Crippen LogP contribution in [0, 0.1) is 5.82 Å². The van der Waals surface area contributed by atoms with Gasteiger partial charge in [0, 0.05) is 17.7 Å². The second-order valence-corrected chi connectivity index (χ2v) is 12.6. The third-order valence-corrected chi connectivity index (χ3v) is 9.62. The lowest BCUT2D eigenvalue weighted by Crippen LogP contribution is -2.29. The number of aliphatic hydroxyl groups is 1. The standard InChI is InChI=1S/C29H20Cl2FN3O4S2/c1-14-10-18-11-17(5-9-22(18)39-14)25(36)23-24(16-4-8-20(30)21(31)12-16)35(27(38)26(23)37)28-33-34-29(41-28)40-13-15-2-6-19(32)7-3-15/h2-9,11-12,14,24,36H,10,13H2,1H3/b25-23+. The summed E-state index contributed by atoms with van der Waals surface area (Å²) in [5.74, 6) is -1.14. The number of Topliss-reactive ketones (excluding diaryl/α,β-unsaturated/α-hetero) is 1. The smallest absolute Gasteiger partial charge is 0.301 e. The molecule has 1 aromatic heterocycles. The van der Waals surface area contributed by atoms with Crippen LogP contribution in [0.4, 0.5) is 9.52 Å². The molecule has 1 saturated heterocycles. The fraction of sp³-hybridized carbons (Fsp3) is 0.172. The number of benzene rings is 3. The van der Waals surface area contributed by atoms with Gasteiger partial charge in [0.15, 0.2) is 4.34 Å². The van der Waals surface area contributed by atoms with Crippen LogP contribution in [0.3, 0.4) is 0 Å². The molecule has 3 heterocycles. The molecule has 2 unspecified atom stereocenters. The van der Waals surface area contributed by atoms with Crippen LogP contribution in [0.5, 0.6) is 5.75 Å². The molecule has 1 fully saturated rings. The Kier molecular flexibility index (Phi) is 7.50. The molecule has 1 amide bonds. The SMILES string of the molecule is CC1Cc2cc(/C(O)=C3\C(=O)C(=O)N(c4nnc(SCc5ccc(F)cc5)s4)C3c3ccc(Cl)c(Cl)c3)ccc2O1. The highest BCUT2D eigenvalue weighted by Gasteiger charge is 2.48. The normalized spacial score (nSPS) is 19.5. The monoisotopic (exact) mass is 627 g/mol. The van der Waals surface area contributed by atoms with Crippen molar-refractivity contribution < 1.29 is 23.8 Å². The maximum Gasteiger partial charge on any atom is 0.301 e. The van der Waals surface area contributed by atoms with E-state index in [9.17, 15) is 19.1 Å². The van der Waals surface area contributed by atoms with E-state index in [2.05, 4.69) is 10.2 Å². The number of aliphatic hydroxyl groups excluding tert-OH is 1. The summed E-state index contributed by atoms with van der Waals surface area (Å²) < 4.78 is 19.6. The second kappa shape index (κ2) is 11.1. The van der Waals surface area contributed by atoms with Gasteiger partial charge in [-0.05, 0) is 66.1 Å². The molecule has 0 aliphatic carbocycles. The van der Waals surface area contributed by atoms with E-state index in [0.717, 1.165) is 28.2 Å². The number of rotatable bonds is 6. The molecular weight excluding hydrogens is 608 g/mol. The van der Waals surface area contributed by atoms with Crippen molar-refractivity contribution >= 4 is 68.9 Å². The Hall–Kier alpha value is -3.44. The van der Waals surface area contributed by atoms with E-state index in [1.807, 2.05) is 6.92 Å². The maximum atomic E-state index is 13.5. The molecule has 0 spiro atoms. The van der Waals surface area contributed by atoms with Gasteiger partial charge in [0.2, 0.25) is 5.13 Å². The number of halogens is 3. The number of ether oxygens (including phenoxy) is 1. The first kappa shape index (κ1) is 27.7. The zero-order valence-electron chi connectivity index (χ0n) is 21.3. The molecule has 2 aliphatic heterocycles. The summed E-state index contributed by atoms with van der Waals surface area (Å²) in [6, 6.07) is 15.0. The Balaban J connectivity index is 1.40. The molecule has 4 aromatic rings. The van der Waals surface area contributed by atoms with Gasteiger partial charge < -0.3 is 9.84 Å². The largest absolute Gasteiger partial charge is 0.507 e. The first-order valence-corrected chi connectivity index (χ1v) is 15.0. The molecule has 41 heavy (non-hydrogen) atoms. The van der Waals surface area contributed by atoms with Crippen molar-refractivity contribution in [2.45, 2.75) is 35.6 Å². The lowest BCUT2D eigenvalue weighted by molar-refractivity contribution is -0.132. The predicted molar refractivity (Wildman–Crippen MR) is 157 cm³/mol. The van der Waals surface area contributed by atoms with E-state index < -0.39 is 17.7 Å². The maximum absolute atomic E-state index is 13.5. The van der Waals surface area contributed by atoms with E-state index in [1.165, 1.54) is 28.8 Å². The number of hydrogen-bond donors (Lipinski definition) is 1. The van der Waals surface area contributed by atoms with Crippen molar-refractivity contribution in [1.82, 2.24) is 10.2 Å². The zero-order chi connectivity index (χ0) is 28.8. The van der Waals surface area contributed by atoms with Crippen LogP contribution in [0.15, 0.2) is 70.6 Å². The summed E-state index contributed by atoms with van der Waals surface area (Å²) in [7, 11) is 0. The van der Waals surface area contributed by atoms with Gasteiger partial charge >= 0.3 is 5.91 Å². The van der Waals surface area contributed by atoms with Gasteiger partial charge in [0.05, 0.1) is 21.7 Å². The Morgan fingerprint density at radius 1 is 1.10 bits per heavy atom. The van der Waals surface area contributed by atoms with Crippen molar-refractivity contribution in [2.24, 2.45) is 0 Å². The molecule has 0 bridgehead atoms. The molecule has 6 rings (SSSR count). The number of fused-ring (bicyclic) bond motifs is 1. The van der Waals surface area contributed by atoms with Crippen LogP contribution in [-0.4, -0.2) is 33.1 Å². The number of thioether (sulfide) groups is 1. The van der Waals surface area contributed by atoms with Crippen molar-refractivity contribution in [3.8, 4) is 5.75 Å². The number of carbonyl (C=O) groups is 2. The van der Waals surface area contributed by atoms with Gasteiger partial charge in [-0.1, -0.05) is 64.5 Å². The molecule has 0 radical (unpaired) electrons. The van der Waals surface area contributed by atoms with E-state index >= 15 is 0 Å². The minimum Gasteiger partial charge on any atom is -0.507 e. The van der Waals surface area contributed by atoms with Crippen molar-refractivity contribution in [2.75, 3.05) is 4.90 Å². The van der Waals surface area contributed by atoms with E-state index in [1.54, 1.807) is 48.5 Å². The molecule has 1 N–H and O–H groups in total. The molecule has 2 aliphatic rings. The van der Waals surface area contributed by atoms with Gasteiger partial charge in [-0.3, -0.25) is 14.5 Å². The Labute approximate surface area is 252 Å². The minimum absolute atomic E-state index is 0.00305. The topological polar surface area (TPSA) is 92.6 Å². The third kappa shape index (κ3) is 5.32. The van der Waals surface area contributed by atoms with Crippen LogP contribution in [-0.2, 0) is 21.8 Å². The van der Waals surface area contributed by atoms with Crippen LogP contribution in [0.1, 0.15) is 35.2 Å². The van der Waals surface area contributed by atoms with Crippen LogP contribution < -0.4 is 9.64 Å².